The summed E-state index contributed by atoms with van der Waals surface area (Å²) < 4.78 is 5.93. The Kier molecular flexibility index (Phi) is 11.5. The van der Waals surface area contributed by atoms with Gasteiger partial charge in [-0.05, 0) is 25.7 Å². The maximum atomic E-state index is 10.4. The molecule has 1 aliphatic heterocycles. The second-order valence-electron chi connectivity index (χ2n) is 6.46. The largest absolute Gasteiger partial charge is 0.481 e. The van der Waals surface area contributed by atoms with Gasteiger partial charge < -0.3 is 9.84 Å². The SMILES string of the molecule is O=C(O)CCCCCCCCCCC1CCCCCCO1. The summed E-state index contributed by atoms with van der Waals surface area (Å²) in [5, 5.41) is 8.54. The smallest absolute Gasteiger partial charge is 0.303 e. The third-order valence-corrected chi connectivity index (χ3v) is 4.44. The molecule has 0 aromatic rings. The van der Waals surface area contributed by atoms with Crippen molar-refractivity contribution in [2.75, 3.05) is 6.61 Å². The number of unbranched alkanes of at least 4 members (excludes halogenated alkanes) is 7. The summed E-state index contributed by atoms with van der Waals surface area (Å²) in [6, 6.07) is 0. The highest BCUT2D eigenvalue weighted by Gasteiger charge is 2.10. The van der Waals surface area contributed by atoms with Crippen molar-refractivity contribution in [1.82, 2.24) is 0 Å². The topological polar surface area (TPSA) is 46.5 Å². The number of carboxylic acid groups (broad SMARTS) is 1. The van der Waals surface area contributed by atoms with Gasteiger partial charge in [-0.3, -0.25) is 4.79 Å². The van der Waals surface area contributed by atoms with Gasteiger partial charge in [0.15, 0.2) is 0 Å². The van der Waals surface area contributed by atoms with Crippen LogP contribution in [0.2, 0.25) is 0 Å². The summed E-state index contributed by atoms with van der Waals surface area (Å²) >= 11 is 0. The molecule has 0 saturated carbocycles. The normalized spacial score (nSPS) is 19.9. The first kappa shape index (κ1) is 18.5. The Morgan fingerprint density at radius 1 is 0.857 bits per heavy atom. The van der Waals surface area contributed by atoms with Crippen LogP contribution in [0.25, 0.3) is 0 Å². The summed E-state index contributed by atoms with van der Waals surface area (Å²) in [4.78, 5) is 10.4. The number of rotatable bonds is 11. The van der Waals surface area contributed by atoms with E-state index in [4.69, 9.17) is 9.84 Å². The molecular formula is C18H34O3. The van der Waals surface area contributed by atoms with Crippen LogP contribution in [0, 0.1) is 0 Å². The monoisotopic (exact) mass is 298 g/mol. The van der Waals surface area contributed by atoms with Crippen molar-refractivity contribution in [3.8, 4) is 0 Å². The number of carboxylic acids is 1. The quantitative estimate of drug-likeness (QED) is 0.525. The molecule has 21 heavy (non-hydrogen) atoms. The van der Waals surface area contributed by atoms with Crippen LogP contribution >= 0.6 is 0 Å². The number of carbonyl (C=O) groups is 1. The van der Waals surface area contributed by atoms with Crippen molar-refractivity contribution < 1.29 is 14.6 Å². The molecule has 0 radical (unpaired) electrons. The van der Waals surface area contributed by atoms with Gasteiger partial charge in [0.25, 0.3) is 0 Å². The Bertz CT molecular complexity index is 245. The number of hydrogen-bond donors (Lipinski definition) is 1. The van der Waals surface area contributed by atoms with Gasteiger partial charge in [-0.25, -0.2) is 0 Å². The predicted molar refractivity (Wildman–Crippen MR) is 86.6 cm³/mol. The molecule has 1 rings (SSSR count). The number of ether oxygens (including phenoxy) is 1. The zero-order valence-electron chi connectivity index (χ0n) is 13.7. The molecule has 3 heteroatoms. The fourth-order valence-electron chi connectivity index (χ4n) is 3.10. The van der Waals surface area contributed by atoms with Crippen LogP contribution in [0.1, 0.15) is 96.3 Å². The van der Waals surface area contributed by atoms with Gasteiger partial charge in [0, 0.05) is 13.0 Å². The van der Waals surface area contributed by atoms with E-state index in [0.29, 0.717) is 12.5 Å². The lowest BCUT2D eigenvalue weighted by molar-refractivity contribution is -0.137. The molecule has 124 valence electrons. The third-order valence-electron chi connectivity index (χ3n) is 4.44. The predicted octanol–water partition coefficient (Wildman–Crippen LogP) is 5.32. The number of hydrogen-bond acceptors (Lipinski definition) is 2. The first-order valence-electron chi connectivity index (χ1n) is 9.12. The van der Waals surface area contributed by atoms with Crippen molar-refractivity contribution in [2.24, 2.45) is 0 Å². The van der Waals surface area contributed by atoms with Crippen molar-refractivity contribution in [2.45, 2.75) is 102 Å². The van der Waals surface area contributed by atoms with Gasteiger partial charge in [0.1, 0.15) is 0 Å². The van der Waals surface area contributed by atoms with Crippen LogP contribution in [0.4, 0.5) is 0 Å². The van der Waals surface area contributed by atoms with E-state index in [1.807, 2.05) is 0 Å². The molecule has 0 bridgehead atoms. The van der Waals surface area contributed by atoms with E-state index in [0.717, 1.165) is 19.4 Å². The van der Waals surface area contributed by atoms with E-state index in [1.165, 1.54) is 77.0 Å². The molecule has 1 aliphatic rings. The molecule has 1 fully saturated rings. The Morgan fingerprint density at radius 2 is 1.48 bits per heavy atom. The summed E-state index contributed by atoms with van der Waals surface area (Å²) in [6.45, 7) is 0.973. The Hall–Kier alpha value is -0.570. The van der Waals surface area contributed by atoms with Crippen LogP contribution in [0.15, 0.2) is 0 Å². The van der Waals surface area contributed by atoms with Crippen LogP contribution in [-0.4, -0.2) is 23.8 Å². The average molecular weight is 298 g/mol. The lowest BCUT2D eigenvalue weighted by atomic mass is 10.0. The molecule has 3 nitrogen and oxygen atoms in total. The van der Waals surface area contributed by atoms with Crippen molar-refractivity contribution in [1.29, 1.82) is 0 Å². The van der Waals surface area contributed by atoms with E-state index >= 15 is 0 Å². The highest BCUT2D eigenvalue weighted by molar-refractivity contribution is 5.66. The van der Waals surface area contributed by atoms with E-state index in [1.54, 1.807) is 0 Å². The molecule has 0 spiro atoms. The van der Waals surface area contributed by atoms with Gasteiger partial charge >= 0.3 is 5.97 Å². The van der Waals surface area contributed by atoms with Gasteiger partial charge in [-0.2, -0.15) is 0 Å². The van der Waals surface area contributed by atoms with Crippen LogP contribution < -0.4 is 0 Å². The first-order valence-corrected chi connectivity index (χ1v) is 9.12. The van der Waals surface area contributed by atoms with Gasteiger partial charge in [0.2, 0.25) is 0 Å². The Balaban J connectivity index is 1.82. The van der Waals surface area contributed by atoms with Crippen molar-refractivity contribution >= 4 is 5.97 Å². The molecule has 1 N–H and O–H groups in total. The maximum Gasteiger partial charge on any atom is 0.303 e. The second-order valence-corrected chi connectivity index (χ2v) is 6.46. The molecule has 1 heterocycles. The first-order chi connectivity index (χ1) is 10.3. The van der Waals surface area contributed by atoms with Gasteiger partial charge in [0.05, 0.1) is 6.10 Å². The molecule has 0 aromatic carbocycles. The van der Waals surface area contributed by atoms with E-state index in [9.17, 15) is 4.79 Å². The lowest BCUT2D eigenvalue weighted by Crippen LogP contribution is -2.15. The summed E-state index contributed by atoms with van der Waals surface area (Å²) in [7, 11) is 0. The summed E-state index contributed by atoms with van der Waals surface area (Å²) in [5.74, 6) is -0.661. The highest BCUT2D eigenvalue weighted by Crippen LogP contribution is 2.19. The zero-order chi connectivity index (χ0) is 15.2. The third kappa shape index (κ3) is 11.7. The minimum absolute atomic E-state index is 0.335. The Labute approximate surface area is 130 Å². The highest BCUT2D eigenvalue weighted by atomic mass is 16.5. The summed E-state index contributed by atoms with van der Waals surface area (Å²) in [5.41, 5.74) is 0. The molecule has 0 aliphatic carbocycles. The van der Waals surface area contributed by atoms with Crippen LogP contribution in [0.3, 0.4) is 0 Å². The minimum Gasteiger partial charge on any atom is -0.481 e. The van der Waals surface area contributed by atoms with E-state index in [2.05, 4.69) is 0 Å². The van der Waals surface area contributed by atoms with E-state index in [-0.39, 0.29) is 0 Å². The van der Waals surface area contributed by atoms with Gasteiger partial charge in [-0.15, -0.1) is 0 Å². The average Bonchev–Trinajstić information content (AvgIpc) is 2.42. The maximum absolute atomic E-state index is 10.4. The Morgan fingerprint density at radius 3 is 2.19 bits per heavy atom. The van der Waals surface area contributed by atoms with Crippen molar-refractivity contribution in [3.05, 3.63) is 0 Å². The lowest BCUT2D eigenvalue weighted by Gasteiger charge is -2.20. The number of aliphatic carboxylic acids is 1. The summed E-state index contributed by atoms with van der Waals surface area (Å²) in [6.07, 6.45) is 18.4. The minimum atomic E-state index is -0.661. The second kappa shape index (κ2) is 13.1. The standard InChI is InChI=1S/C18H34O3/c19-18(20)15-11-6-4-2-1-3-5-9-13-17-14-10-7-8-12-16-21-17/h17H,1-16H2,(H,19,20). The van der Waals surface area contributed by atoms with Crippen LogP contribution in [0.5, 0.6) is 0 Å². The molecule has 1 atom stereocenters. The molecule has 0 aromatic heterocycles. The molecule has 1 unspecified atom stereocenters. The fraction of sp³-hybridized carbons (Fsp3) is 0.944. The molecule has 0 amide bonds. The fourth-order valence-corrected chi connectivity index (χ4v) is 3.10. The van der Waals surface area contributed by atoms with Gasteiger partial charge in [-0.1, -0.05) is 64.2 Å². The zero-order valence-corrected chi connectivity index (χ0v) is 13.7. The van der Waals surface area contributed by atoms with Crippen molar-refractivity contribution in [3.63, 3.8) is 0 Å². The molecular weight excluding hydrogens is 264 g/mol. The molecule has 1 saturated heterocycles. The van der Waals surface area contributed by atoms with Crippen LogP contribution in [-0.2, 0) is 9.53 Å². The van der Waals surface area contributed by atoms with E-state index < -0.39 is 5.97 Å².